The Hall–Kier alpha value is -5.40. The molecule has 0 aromatic heterocycles. The molecule has 0 N–H and O–H groups in total. The molecule has 0 heterocycles. The molecule has 1 heteroatoms. The predicted molar refractivity (Wildman–Crippen MR) is 175 cm³/mol. The number of benzene rings is 7. The van der Waals surface area contributed by atoms with E-state index in [-0.39, 0.29) is 16.9 Å². The summed E-state index contributed by atoms with van der Waals surface area (Å²) in [5.41, 5.74) is 0.388. The highest BCUT2D eigenvalue weighted by Gasteiger charge is 2.15. The van der Waals surface area contributed by atoms with Crippen molar-refractivity contribution in [1.29, 1.82) is 0 Å². The Morgan fingerprint density at radius 3 is 1.68 bits per heavy atom. The molecule has 0 spiro atoms. The first-order chi connectivity index (χ1) is 25.8. The molecule has 0 amide bonds. The van der Waals surface area contributed by atoms with E-state index in [2.05, 4.69) is 0 Å². The Balaban J connectivity index is 1.56. The second-order valence-electron chi connectivity index (χ2n) is 9.23. The fourth-order valence-corrected chi connectivity index (χ4v) is 4.74. The van der Waals surface area contributed by atoms with Gasteiger partial charge in [0.05, 0.1) is 17.8 Å². The fourth-order valence-electron chi connectivity index (χ4n) is 4.74. The van der Waals surface area contributed by atoms with E-state index in [0.29, 0.717) is 11.1 Å². The number of hydrogen-bond donors (Lipinski definition) is 0. The third kappa shape index (κ3) is 5.02. The zero-order chi connectivity index (χ0) is 38.7. The molecule has 0 bridgehead atoms. The standard InChI is InChI=1S/C40H29N/c1-3-11-30(12-4-1)32-21-25-36(26-22-32)41(37-27-23-33(24-28-37)31-13-5-2-6-14-31)38-18-9-17-35(29-38)40-20-10-16-34-15-7-8-19-39(34)40/h1-29H/i1D,3D,4D,11D,12D,21D,22D,23D,24D,25D,26D,27D,28D. The summed E-state index contributed by atoms with van der Waals surface area (Å²) in [4.78, 5) is 1.18. The molecular weight excluding hydrogens is 494 g/mol. The first-order valence-corrected chi connectivity index (χ1v) is 13.0. The topological polar surface area (TPSA) is 3.24 Å². The van der Waals surface area contributed by atoms with Crippen LogP contribution in [0, 0.1) is 0 Å². The molecule has 7 rings (SSSR count). The normalized spacial score (nSPS) is 15.4. The van der Waals surface area contributed by atoms with Crippen LogP contribution in [0.3, 0.4) is 0 Å². The van der Waals surface area contributed by atoms with Crippen molar-refractivity contribution >= 4 is 27.8 Å². The number of hydrogen-bond acceptors (Lipinski definition) is 1. The van der Waals surface area contributed by atoms with Crippen molar-refractivity contribution in [1.82, 2.24) is 0 Å². The first kappa shape index (κ1) is 14.3. The lowest BCUT2D eigenvalue weighted by molar-refractivity contribution is 1.28. The lowest BCUT2D eigenvalue weighted by Crippen LogP contribution is -2.10. The molecule has 0 saturated carbocycles. The third-order valence-corrected chi connectivity index (χ3v) is 6.69. The maximum Gasteiger partial charge on any atom is 0.0645 e. The zero-order valence-corrected chi connectivity index (χ0v) is 21.7. The number of nitrogens with zero attached hydrogens (tertiary/aromatic N) is 1. The van der Waals surface area contributed by atoms with Crippen molar-refractivity contribution in [2.24, 2.45) is 0 Å². The van der Waals surface area contributed by atoms with Crippen LogP contribution in [0.25, 0.3) is 44.2 Å². The largest absolute Gasteiger partial charge is 0.310 e. The minimum Gasteiger partial charge on any atom is -0.310 e. The molecular formula is C40H29N. The van der Waals surface area contributed by atoms with Gasteiger partial charge in [-0.15, -0.1) is 0 Å². The van der Waals surface area contributed by atoms with Crippen LogP contribution >= 0.6 is 0 Å². The molecule has 194 valence electrons. The van der Waals surface area contributed by atoms with Crippen molar-refractivity contribution in [3.8, 4) is 33.4 Å². The lowest BCUT2D eigenvalue weighted by Gasteiger charge is -2.26. The Morgan fingerprint density at radius 1 is 0.390 bits per heavy atom. The number of anilines is 3. The van der Waals surface area contributed by atoms with Gasteiger partial charge in [0.25, 0.3) is 0 Å². The summed E-state index contributed by atoms with van der Waals surface area (Å²) in [7, 11) is 0. The van der Waals surface area contributed by atoms with Gasteiger partial charge in [0.1, 0.15) is 0 Å². The quantitative estimate of drug-likeness (QED) is 0.204. The van der Waals surface area contributed by atoms with Crippen LogP contribution in [0.5, 0.6) is 0 Å². The van der Waals surface area contributed by atoms with Crippen molar-refractivity contribution in [3.63, 3.8) is 0 Å². The van der Waals surface area contributed by atoms with Crippen molar-refractivity contribution < 1.29 is 17.8 Å². The van der Waals surface area contributed by atoms with Gasteiger partial charge < -0.3 is 4.90 Å². The maximum absolute atomic E-state index is 9.29. The summed E-state index contributed by atoms with van der Waals surface area (Å²) >= 11 is 0. The third-order valence-electron chi connectivity index (χ3n) is 6.69. The predicted octanol–water partition coefficient (Wildman–Crippen LogP) is 11.3. The lowest BCUT2D eigenvalue weighted by atomic mass is 9.97. The molecule has 0 saturated heterocycles. The molecule has 0 fully saturated rings. The second kappa shape index (κ2) is 11.0. The molecule has 0 radical (unpaired) electrons. The summed E-state index contributed by atoms with van der Waals surface area (Å²) in [6, 6.07) is 20.7. The van der Waals surface area contributed by atoms with Gasteiger partial charge in [0, 0.05) is 17.1 Å². The van der Waals surface area contributed by atoms with Crippen LogP contribution in [0.1, 0.15) is 17.8 Å². The van der Waals surface area contributed by atoms with E-state index in [1.54, 1.807) is 48.5 Å². The maximum atomic E-state index is 9.29. The molecule has 7 aromatic rings. The Labute approximate surface area is 259 Å². The SMILES string of the molecule is [2H]c1c([2H])c([2H])c(-c2c([2H])c([2H])c(N(c3cccc(-c4cccc5ccccc45)c3)c3c([2H])c([2H])c(-c4ccccc4)c([2H])c3[2H])c([2H])c2[2H])c([2H])c1[2H]. The van der Waals surface area contributed by atoms with Crippen molar-refractivity contribution in [2.45, 2.75) is 0 Å². The van der Waals surface area contributed by atoms with Crippen LogP contribution in [-0.2, 0) is 0 Å². The van der Waals surface area contributed by atoms with Crippen LogP contribution < -0.4 is 4.90 Å². The molecule has 0 unspecified atom stereocenters. The minimum absolute atomic E-state index is 0.0369. The fraction of sp³-hybridized carbons (Fsp3) is 0. The van der Waals surface area contributed by atoms with E-state index < -0.39 is 95.4 Å². The summed E-state index contributed by atoms with van der Waals surface area (Å²) in [5.74, 6) is 0. The summed E-state index contributed by atoms with van der Waals surface area (Å²) < 4.78 is 115. The van der Waals surface area contributed by atoms with Gasteiger partial charge in [-0.25, -0.2) is 0 Å². The Morgan fingerprint density at radius 2 is 0.951 bits per heavy atom. The highest BCUT2D eigenvalue weighted by molar-refractivity contribution is 5.97. The van der Waals surface area contributed by atoms with Crippen LogP contribution in [0.2, 0.25) is 0 Å². The summed E-state index contributed by atoms with van der Waals surface area (Å²) in [5, 5.41) is 1.89. The van der Waals surface area contributed by atoms with E-state index >= 15 is 0 Å². The van der Waals surface area contributed by atoms with Crippen molar-refractivity contribution in [3.05, 3.63) is 176 Å². The van der Waals surface area contributed by atoms with Crippen molar-refractivity contribution in [2.75, 3.05) is 4.90 Å². The number of fused-ring (bicyclic) bond motifs is 1. The van der Waals surface area contributed by atoms with Gasteiger partial charge in [0.2, 0.25) is 0 Å². The van der Waals surface area contributed by atoms with E-state index in [9.17, 15) is 5.48 Å². The van der Waals surface area contributed by atoms with E-state index in [4.69, 9.17) is 12.3 Å². The molecule has 0 aliphatic heterocycles. The van der Waals surface area contributed by atoms with Gasteiger partial charge >= 0.3 is 0 Å². The first-order valence-electron chi connectivity index (χ1n) is 19.5. The summed E-state index contributed by atoms with van der Waals surface area (Å²) in [6.45, 7) is 0. The van der Waals surface area contributed by atoms with E-state index in [1.807, 2.05) is 48.5 Å². The molecule has 41 heavy (non-hydrogen) atoms. The van der Waals surface area contributed by atoms with Gasteiger partial charge in [-0.05, 0) is 80.5 Å². The Bertz CT molecular complexity index is 2570. The van der Waals surface area contributed by atoms with Gasteiger partial charge in [-0.2, -0.15) is 0 Å². The molecule has 7 aromatic carbocycles. The highest BCUT2D eigenvalue weighted by atomic mass is 15.1. The van der Waals surface area contributed by atoms with Crippen LogP contribution in [-0.4, -0.2) is 0 Å². The molecule has 0 atom stereocenters. The van der Waals surface area contributed by atoms with Gasteiger partial charge in [-0.1, -0.05) is 139 Å². The van der Waals surface area contributed by atoms with E-state index in [0.717, 1.165) is 16.3 Å². The highest BCUT2D eigenvalue weighted by Crippen LogP contribution is 2.39. The smallest absolute Gasteiger partial charge is 0.0645 e. The Kier molecular flexibility index (Phi) is 3.83. The average molecular weight is 537 g/mol. The molecule has 0 aliphatic carbocycles. The minimum atomic E-state index is -0.726. The van der Waals surface area contributed by atoms with E-state index in [1.165, 1.54) is 4.90 Å². The molecule has 0 aliphatic rings. The van der Waals surface area contributed by atoms with Crippen LogP contribution in [0.15, 0.2) is 176 Å². The second-order valence-corrected chi connectivity index (χ2v) is 9.23. The zero-order valence-electron chi connectivity index (χ0n) is 34.7. The number of rotatable bonds is 6. The average Bonchev–Trinajstić information content (AvgIpc) is 3.19. The van der Waals surface area contributed by atoms with Gasteiger partial charge in [0.15, 0.2) is 0 Å². The molecule has 1 nitrogen and oxygen atoms in total. The van der Waals surface area contributed by atoms with Gasteiger partial charge in [-0.3, -0.25) is 0 Å². The van der Waals surface area contributed by atoms with Crippen LogP contribution in [0.4, 0.5) is 17.1 Å². The monoisotopic (exact) mass is 536 g/mol. The summed E-state index contributed by atoms with van der Waals surface area (Å²) in [6.07, 6.45) is 0.